The lowest BCUT2D eigenvalue weighted by molar-refractivity contribution is 0.0982. The average molecular weight is 281 g/mol. The van der Waals surface area contributed by atoms with Gasteiger partial charge in [0.1, 0.15) is 0 Å². The Hall–Kier alpha value is -1.96. The smallest absolute Gasteiger partial charge is 0.163 e. The first kappa shape index (κ1) is 15.4. The number of aromatic nitrogens is 1. The van der Waals surface area contributed by atoms with E-state index in [2.05, 4.69) is 37.9 Å². The Bertz CT molecular complexity index is 621. The lowest BCUT2D eigenvalue weighted by Gasteiger charge is -2.18. The van der Waals surface area contributed by atoms with Crippen LogP contribution in [0, 0.1) is 6.92 Å². The predicted molar refractivity (Wildman–Crippen MR) is 86.8 cm³/mol. The van der Waals surface area contributed by atoms with Gasteiger partial charge in [0.15, 0.2) is 5.78 Å². The molecule has 0 bridgehead atoms. The van der Waals surface area contributed by atoms with Crippen LogP contribution in [-0.2, 0) is 11.8 Å². The highest BCUT2D eigenvalue weighted by molar-refractivity contribution is 5.96. The molecule has 1 aromatic carbocycles. The molecule has 0 aliphatic rings. The molecule has 110 valence electrons. The molecule has 2 heteroatoms. The summed E-state index contributed by atoms with van der Waals surface area (Å²) < 4.78 is 0. The molecule has 1 aromatic heterocycles. The van der Waals surface area contributed by atoms with Crippen molar-refractivity contribution < 1.29 is 4.79 Å². The summed E-state index contributed by atoms with van der Waals surface area (Å²) in [5.41, 5.74) is 4.32. The fourth-order valence-corrected chi connectivity index (χ4v) is 2.28. The molecule has 0 saturated heterocycles. The molecule has 0 fully saturated rings. The van der Waals surface area contributed by atoms with Crippen molar-refractivity contribution in [3.8, 4) is 0 Å². The van der Waals surface area contributed by atoms with Crippen molar-refractivity contribution in [1.29, 1.82) is 0 Å². The number of aryl methyl sites for hydroxylation is 2. The van der Waals surface area contributed by atoms with Crippen molar-refractivity contribution in [2.75, 3.05) is 0 Å². The molecule has 0 aliphatic carbocycles. The first-order valence-corrected chi connectivity index (χ1v) is 7.41. The van der Waals surface area contributed by atoms with Crippen LogP contribution in [0.2, 0.25) is 0 Å². The molecule has 0 amide bonds. The summed E-state index contributed by atoms with van der Waals surface area (Å²) in [4.78, 5) is 16.5. The van der Waals surface area contributed by atoms with Crippen LogP contribution >= 0.6 is 0 Å². The van der Waals surface area contributed by atoms with Gasteiger partial charge in [-0.05, 0) is 42.0 Å². The maximum atomic E-state index is 12.2. The van der Waals surface area contributed by atoms with E-state index in [1.165, 1.54) is 11.1 Å². The van der Waals surface area contributed by atoms with Gasteiger partial charge in [-0.15, -0.1) is 0 Å². The van der Waals surface area contributed by atoms with Crippen molar-refractivity contribution in [2.45, 2.75) is 46.0 Å². The molecule has 0 saturated carbocycles. The highest BCUT2D eigenvalue weighted by Gasteiger charge is 2.14. The van der Waals surface area contributed by atoms with E-state index in [0.29, 0.717) is 12.8 Å². The second-order valence-electron chi connectivity index (χ2n) is 6.58. The summed E-state index contributed by atoms with van der Waals surface area (Å²) in [6.45, 7) is 8.56. The molecule has 0 radical (unpaired) electrons. The van der Waals surface area contributed by atoms with Gasteiger partial charge in [0.25, 0.3) is 0 Å². The van der Waals surface area contributed by atoms with Gasteiger partial charge in [0.2, 0.25) is 0 Å². The maximum absolute atomic E-state index is 12.2. The number of Topliss-reactive ketones (excluding diaryl/α,β-unsaturated/α-hetero) is 1. The fourth-order valence-electron chi connectivity index (χ4n) is 2.28. The van der Waals surface area contributed by atoms with Crippen LogP contribution in [0.25, 0.3) is 0 Å². The normalized spacial score (nSPS) is 11.4. The van der Waals surface area contributed by atoms with Gasteiger partial charge in [-0.25, -0.2) is 0 Å². The van der Waals surface area contributed by atoms with Crippen LogP contribution in [0.4, 0.5) is 0 Å². The number of pyridine rings is 1. The van der Waals surface area contributed by atoms with Crippen molar-refractivity contribution in [3.63, 3.8) is 0 Å². The molecule has 21 heavy (non-hydrogen) atoms. The van der Waals surface area contributed by atoms with Gasteiger partial charge >= 0.3 is 0 Å². The van der Waals surface area contributed by atoms with Gasteiger partial charge in [-0.2, -0.15) is 0 Å². The molecule has 2 nitrogen and oxygen atoms in total. The number of ketones is 1. The highest BCUT2D eigenvalue weighted by atomic mass is 16.1. The average Bonchev–Trinajstić information content (AvgIpc) is 2.44. The molecule has 0 aliphatic heterocycles. The first-order valence-electron chi connectivity index (χ1n) is 7.41. The third-order valence-electron chi connectivity index (χ3n) is 3.65. The van der Waals surface area contributed by atoms with E-state index in [0.717, 1.165) is 11.3 Å². The fraction of sp³-hybridized carbons (Fsp3) is 0.368. The second-order valence-corrected chi connectivity index (χ2v) is 6.58. The van der Waals surface area contributed by atoms with E-state index in [1.807, 2.05) is 31.2 Å². The van der Waals surface area contributed by atoms with Crippen LogP contribution in [0.5, 0.6) is 0 Å². The first-order chi connectivity index (χ1) is 9.86. The van der Waals surface area contributed by atoms with Crippen molar-refractivity contribution in [1.82, 2.24) is 4.98 Å². The van der Waals surface area contributed by atoms with E-state index in [4.69, 9.17) is 0 Å². The standard InChI is InChI=1S/C19H23NO/c1-14-11-12-20-17(13-14)9-10-18(21)15-5-7-16(8-6-15)19(2,3)4/h5-8,11-13H,9-10H2,1-4H3. The van der Waals surface area contributed by atoms with E-state index < -0.39 is 0 Å². The topological polar surface area (TPSA) is 30.0 Å². The Labute approximate surface area is 127 Å². The summed E-state index contributed by atoms with van der Waals surface area (Å²) in [5, 5.41) is 0. The van der Waals surface area contributed by atoms with Gasteiger partial charge in [0, 0.05) is 23.9 Å². The SMILES string of the molecule is Cc1ccnc(CCC(=O)c2ccc(C(C)(C)C)cc2)c1. The maximum Gasteiger partial charge on any atom is 0.163 e. The zero-order valence-corrected chi connectivity index (χ0v) is 13.3. The monoisotopic (exact) mass is 281 g/mol. The summed E-state index contributed by atoms with van der Waals surface area (Å²) in [6.07, 6.45) is 3.00. The largest absolute Gasteiger partial charge is 0.294 e. The minimum Gasteiger partial charge on any atom is -0.294 e. The van der Waals surface area contributed by atoms with E-state index in [1.54, 1.807) is 6.20 Å². The number of carbonyl (C=O) groups excluding carboxylic acids is 1. The minimum absolute atomic E-state index is 0.118. The van der Waals surface area contributed by atoms with Crippen molar-refractivity contribution >= 4 is 5.78 Å². The second kappa shape index (κ2) is 6.21. The number of hydrogen-bond donors (Lipinski definition) is 0. The number of hydrogen-bond acceptors (Lipinski definition) is 2. The van der Waals surface area contributed by atoms with Crippen LogP contribution in [0.1, 0.15) is 54.4 Å². The zero-order chi connectivity index (χ0) is 15.5. The number of nitrogens with zero attached hydrogens (tertiary/aromatic N) is 1. The summed E-state index contributed by atoms with van der Waals surface area (Å²) in [6, 6.07) is 12.0. The van der Waals surface area contributed by atoms with Crippen LogP contribution in [0.15, 0.2) is 42.6 Å². The molecule has 0 N–H and O–H groups in total. The third kappa shape index (κ3) is 4.25. The highest BCUT2D eigenvalue weighted by Crippen LogP contribution is 2.22. The van der Waals surface area contributed by atoms with Crippen molar-refractivity contribution in [3.05, 3.63) is 65.0 Å². The van der Waals surface area contributed by atoms with Crippen LogP contribution < -0.4 is 0 Å². The van der Waals surface area contributed by atoms with Crippen LogP contribution in [0.3, 0.4) is 0 Å². The van der Waals surface area contributed by atoms with E-state index in [9.17, 15) is 4.79 Å². The molecule has 0 unspecified atom stereocenters. The lowest BCUT2D eigenvalue weighted by atomic mass is 9.86. The van der Waals surface area contributed by atoms with Gasteiger partial charge < -0.3 is 0 Å². The van der Waals surface area contributed by atoms with Gasteiger partial charge in [0.05, 0.1) is 0 Å². The number of benzene rings is 1. The summed E-state index contributed by atoms with van der Waals surface area (Å²) >= 11 is 0. The van der Waals surface area contributed by atoms with Gasteiger partial charge in [-0.3, -0.25) is 9.78 Å². The third-order valence-corrected chi connectivity index (χ3v) is 3.65. The Morgan fingerprint density at radius 3 is 2.33 bits per heavy atom. The Kier molecular flexibility index (Phi) is 4.56. The van der Waals surface area contributed by atoms with Crippen molar-refractivity contribution in [2.24, 2.45) is 0 Å². The lowest BCUT2D eigenvalue weighted by Crippen LogP contribution is -2.11. The Morgan fingerprint density at radius 2 is 1.76 bits per heavy atom. The zero-order valence-electron chi connectivity index (χ0n) is 13.3. The number of carbonyl (C=O) groups is 1. The Morgan fingerprint density at radius 1 is 1.10 bits per heavy atom. The minimum atomic E-state index is 0.118. The summed E-state index contributed by atoms with van der Waals surface area (Å²) in [5.74, 6) is 0.179. The summed E-state index contributed by atoms with van der Waals surface area (Å²) in [7, 11) is 0. The van der Waals surface area contributed by atoms with E-state index in [-0.39, 0.29) is 11.2 Å². The molecule has 0 atom stereocenters. The molecule has 2 rings (SSSR count). The quantitative estimate of drug-likeness (QED) is 0.772. The molecule has 0 spiro atoms. The Balaban J connectivity index is 2.00. The van der Waals surface area contributed by atoms with Gasteiger partial charge in [-0.1, -0.05) is 45.0 Å². The van der Waals surface area contributed by atoms with E-state index >= 15 is 0 Å². The predicted octanol–water partition coefficient (Wildman–Crippen LogP) is 4.50. The molecule has 2 aromatic rings. The molecule has 1 heterocycles. The van der Waals surface area contributed by atoms with Crippen LogP contribution in [-0.4, -0.2) is 10.8 Å². The molecular weight excluding hydrogens is 258 g/mol. The molecular formula is C19H23NO. The number of rotatable bonds is 4.